The van der Waals surface area contributed by atoms with Crippen LogP contribution < -0.4 is 10.6 Å². The summed E-state index contributed by atoms with van der Waals surface area (Å²) in [6.07, 6.45) is 0. The van der Waals surface area contributed by atoms with Crippen LogP contribution in [0.5, 0.6) is 0 Å². The molecule has 2 rings (SSSR count). The van der Waals surface area contributed by atoms with Gasteiger partial charge in [0.1, 0.15) is 6.04 Å². The van der Waals surface area contributed by atoms with Crippen LogP contribution in [0.4, 0.5) is 5.69 Å². The quantitative estimate of drug-likeness (QED) is 0.873. The van der Waals surface area contributed by atoms with Crippen molar-refractivity contribution in [1.29, 1.82) is 0 Å². The number of hydrogen-bond donors (Lipinski definition) is 1. The summed E-state index contributed by atoms with van der Waals surface area (Å²) in [6.45, 7) is 7.42. The van der Waals surface area contributed by atoms with Crippen LogP contribution in [0.1, 0.15) is 18.1 Å². The second-order valence-corrected chi connectivity index (χ2v) is 5.47. The van der Waals surface area contributed by atoms with E-state index in [0.29, 0.717) is 6.54 Å². The number of likely N-dealkylation sites (N-methyl/N-ethyl adjacent to an activating group) is 1. The third-order valence-electron chi connectivity index (χ3n) is 3.93. The van der Waals surface area contributed by atoms with Gasteiger partial charge < -0.3 is 15.5 Å². The topological polar surface area (TPSA) is 49.6 Å². The Hall–Kier alpha value is -1.55. The highest BCUT2D eigenvalue weighted by atomic mass is 16.2. The summed E-state index contributed by atoms with van der Waals surface area (Å²) >= 11 is 0. The number of carbonyl (C=O) groups is 1. The van der Waals surface area contributed by atoms with E-state index in [-0.39, 0.29) is 18.0 Å². The van der Waals surface area contributed by atoms with Gasteiger partial charge in [-0.3, -0.25) is 4.79 Å². The molecule has 4 nitrogen and oxygen atoms in total. The first-order chi connectivity index (χ1) is 8.97. The van der Waals surface area contributed by atoms with E-state index >= 15 is 0 Å². The highest BCUT2D eigenvalue weighted by Crippen LogP contribution is 2.30. The van der Waals surface area contributed by atoms with Crippen molar-refractivity contribution in [2.75, 3.05) is 25.0 Å². The Morgan fingerprint density at radius 3 is 2.42 bits per heavy atom. The summed E-state index contributed by atoms with van der Waals surface area (Å²) in [4.78, 5) is 16.3. The number of nitrogens with zero attached hydrogens (tertiary/aromatic N) is 2. The molecule has 0 saturated carbocycles. The van der Waals surface area contributed by atoms with E-state index in [9.17, 15) is 4.79 Å². The monoisotopic (exact) mass is 261 g/mol. The molecule has 2 N–H and O–H groups in total. The van der Waals surface area contributed by atoms with Gasteiger partial charge in [0, 0.05) is 31.9 Å². The van der Waals surface area contributed by atoms with E-state index in [4.69, 9.17) is 5.73 Å². The number of anilines is 1. The summed E-state index contributed by atoms with van der Waals surface area (Å²) in [5.74, 6) is 0.114. The normalized spacial score (nSPS) is 23.9. The zero-order valence-electron chi connectivity index (χ0n) is 12.2. The van der Waals surface area contributed by atoms with E-state index in [1.165, 1.54) is 11.1 Å². The molecule has 104 valence electrons. The van der Waals surface area contributed by atoms with Gasteiger partial charge in [0.15, 0.2) is 0 Å². The maximum absolute atomic E-state index is 12.3. The molecule has 0 radical (unpaired) electrons. The summed E-state index contributed by atoms with van der Waals surface area (Å²) in [5, 5.41) is 0. The van der Waals surface area contributed by atoms with Gasteiger partial charge in [-0.15, -0.1) is 0 Å². The lowest BCUT2D eigenvalue weighted by molar-refractivity contribution is -0.133. The average Bonchev–Trinajstić information content (AvgIpc) is 2.35. The van der Waals surface area contributed by atoms with Crippen molar-refractivity contribution in [2.45, 2.75) is 32.9 Å². The summed E-state index contributed by atoms with van der Waals surface area (Å²) < 4.78 is 0. The van der Waals surface area contributed by atoms with Crippen LogP contribution in [-0.2, 0) is 4.79 Å². The fourth-order valence-corrected chi connectivity index (χ4v) is 3.06. The van der Waals surface area contributed by atoms with E-state index < -0.39 is 0 Å². The molecule has 2 unspecified atom stereocenters. The SMILES string of the molecule is Cc1cccc(C)c1N1C(C)CN(C)C(=O)C1CN. The predicted octanol–water partition coefficient (Wildman–Crippen LogP) is 1.30. The lowest BCUT2D eigenvalue weighted by Gasteiger charge is -2.45. The predicted molar refractivity (Wildman–Crippen MR) is 78.3 cm³/mol. The van der Waals surface area contributed by atoms with Crippen LogP contribution in [0.15, 0.2) is 18.2 Å². The van der Waals surface area contributed by atoms with Gasteiger partial charge in [-0.2, -0.15) is 0 Å². The summed E-state index contributed by atoms with van der Waals surface area (Å²) in [7, 11) is 1.85. The molecule has 0 aliphatic carbocycles. The van der Waals surface area contributed by atoms with Gasteiger partial charge in [-0.1, -0.05) is 18.2 Å². The summed E-state index contributed by atoms with van der Waals surface area (Å²) in [6, 6.07) is 6.25. The zero-order valence-corrected chi connectivity index (χ0v) is 12.2. The smallest absolute Gasteiger partial charge is 0.246 e. The Morgan fingerprint density at radius 1 is 1.32 bits per heavy atom. The Bertz CT molecular complexity index is 466. The molecule has 4 heteroatoms. The molecule has 19 heavy (non-hydrogen) atoms. The van der Waals surface area contributed by atoms with Crippen LogP contribution in [0, 0.1) is 13.8 Å². The van der Waals surface area contributed by atoms with Crippen molar-refractivity contribution in [3.63, 3.8) is 0 Å². The molecule has 1 saturated heterocycles. The van der Waals surface area contributed by atoms with E-state index in [2.05, 4.69) is 37.8 Å². The largest absolute Gasteiger partial charge is 0.353 e. The number of carbonyl (C=O) groups excluding carboxylic acids is 1. The van der Waals surface area contributed by atoms with Crippen molar-refractivity contribution in [2.24, 2.45) is 5.73 Å². The maximum atomic E-state index is 12.3. The maximum Gasteiger partial charge on any atom is 0.246 e. The minimum atomic E-state index is -0.256. The molecule has 1 aliphatic heterocycles. The number of nitrogens with two attached hydrogens (primary N) is 1. The Kier molecular flexibility index (Phi) is 3.80. The van der Waals surface area contributed by atoms with E-state index in [1.54, 1.807) is 4.90 Å². The number of hydrogen-bond acceptors (Lipinski definition) is 3. The highest BCUT2D eigenvalue weighted by Gasteiger charge is 2.37. The van der Waals surface area contributed by atoms with E-state index in [1.807, 2.05) is 13.1 Å². The second-order valence-electron chi connectivity index (χ2n) is 5.47. The third-order valence-corrected chi connectivity index (χ3v) is 3.93. The van der Waals surface area contributed by atoms with Gasteiger partial charge in [0.25, 0.3) is 0 Å². The number of piperazine rings is 1. The molecular weight excluding hydrogens is 238 g/mol. The molecule has 0 bridgehead atoms. The van der Waals surface area contributed by atoms with Gasteiger partial charge in [0.2, 0.25) is 5.91 Å². The third kappa shape index (κ3) is 2.32. The molecule has 2 atom stereocenters. The van der Waals surface area contributed by atoms with Crippen LogP contribution >= 0.6 is 0 Å². The molecule has 0 spiro atoms. The fraction of sp³-hybridized carbons (Fsp3) is 0.533. The average molecular weight is 261 g/mol. The molecule has 1 fully saturated rings. The standard InChI is InChI=1S/C15H23N3O/c1-10-6-5-7-11(2)14(10)18-12(3)9-17(4)15(19)13(18)8-16/h5-7,12-13H,8-9,16H2,1-4H3. The lowest BCUT2D eigenvalue weighted by atomic mass is 10.00. The molecule has 0 aromatic heterocycles. The van der Waals surface area contributed by atoms with Crippen LogP contribution in [0.2, 0.25) is 0 Å². The van der Waals surface area contributed by atoms with Crippen molar-refractivity contribution in [1.82, 2.24) is 4.90 Å². The minimum absolute atomic E-state index is 0.114. The van der Waals surface area contributed by atoms with Crippen molar-refractivity contribution in [3.8, 4) is 0 Å². The molecule has 1 amide bonds. The van der Waals surface area contributed by atoms with Crippen LogP contribution in [0.3, 0.4) is 0 Å². The first kappa shape index (κ1) is 13.9. The molecule has 1 aromatic carbocycles. The van der Waals surface area contributed by atoms with Gasteiger partial charge in [-0.25, -0.2) is 0 Å². The summed E-state index contributed by atoms with van der Waals surface area (Å²) in [5.41, 5.74) is 9.41. The van der Waals surface area contributed by atoms with Crippen LogP contribution in [-0.4, -0.2) is 43.0 Å². The Balaban J connectivity index is 2.49. The number of para-hydroxylation sites is 1. The Labute approximate surface area is 115 Å². The first-order valence-corrected chi connectivity index (χ1v) is 6.77. The Morgan fingerprint density at radius 2 is 1.89 bits per heavy atom. The van der Waals surface area contributed by atoms with Crippen LogP contribution in [0.25, 0.3) is 0 Å². The second kappa shape index (κ2) is 5.21. The van der Waals surface area contributed by atoms with Crippen molar-refractivity contribution >= 4 is 11.6 Å². The number of aryl methyl sites for hydroxylation is 2. The first-order valence-electron chi connectivity index (χ1n) is 6.77. The number of amides is 1. The van der Waals surface area contributed by atoms with Gasteiger partial charge >= 0.3 is 0 Å². The van der Waals surface area contributed by atoms with Crippen molar-refractivity contribution in [3.05, 3.63) is 29.3 Å². The number of rotatable bonds is 2. The zero-order chi connectivity index (χ0) is 14.2. The molecule has 1 heterocycles. The number of benzene rings is 1. The minimum Gasteiger partial charge on any atom is -0.353 e. The van der Waals surface area contributed by atoms with Crippen molar-refractivity contribution < 1.29 is 4.79 Å². The fourth-order valence-electron chi connectivity index (χ4n) is 3.06. The van der Waals surface area contributed by atoms with Gasteiger partial charge in [0.05, 0.1) is 0 Å². The molecule has 1 aliphatic rings. The molecular formula is C15H23N3O. The van der Waals surface area contributed by atoms with Gasteiger partial charge in [-0.05, 0) is 31.9 Å². The highest BCUT2D eigenvalue weighted by molar-refractivity contribution is 5.87. The lowest BCUT2D eigenvalue weighted by Crippen LogP contribution is -2.62. The molecule has 1 aromatic rings. The van der Waals surface area contributed by atoms with E-state index in [0.717, 1.165) is 12.2 Å².